The molecule has 0 fully saturated rings. The van der Waals surface area contributed by atoms with E-state index in [-0.39, 0.29) is 24.5 Å². The lowest BCUT2D eigenvalue weighted by Crippen LogP contribution is -2.40. The van der Waals surface area contributed by atoms with Gasteiger partial charge in [0.15, 0.2) is 16.3 Å². The summed E-state index contributed by atoms with van der Waals surface area (Å²) in [6.45, 7) is 2.08. The second kappa shape index (κ2) is 10.9. The van der Waals surface area contributed by atoms with Crippen LogP contribution in [0, 0.1) is 0 Å². The number of hydrogen-bond acceptors (Lipinski definition) is 8. The molecule has 8 nitrogen and oxygen atoms in total. The molecule has 9 heteroatoms. The number of thiazole rings is 1. The minimum absolute atomic E-state index is 0.159. The van der Waals surface area contributed by atoms with Crippen LogP contribution < -0.4 is 29.1 Å². The number of fused-ring (bicyclic) bond motifs is 3. The largest absolute Gasteiger partial charge is 0.496 e. The molecule has 0 bridgehead atoms. The summed E-state index contributed by atoms with van der Waals surface area (Å²) < 4.78 is 24.5. The lowest BCUT2D eigenvalue weighted by atomic mass is 9.89. The first-order chi connectivity index (χ1) is 21.1. The highest BCUT2D eigenvalue weighted by molar-refractivity contribution is 7.07. The minimum atomic E-state index is -0.870. The zero-order valence-corrected chi connectivity index (χ0v) is 24.2. The third-order valence-electron chi connectivity index (χ3n) is 7.49. The molecule has 3 heterocycles. The Morgan fingerprint density at radius 1 is 1.02 bits per heavy atom. The van der Waals surface area contributed by atoms with Gasteiger partial charge < -0.3 is 18.9 Å². The topological polar surface area (TPSA) is 88.4 Å². The van der Waals surface area contributed by atoms with E-state index in [0.29, 0.717) is 37.8 Å². The van der Waals surface area contributed by atoms with Gasteiger partial charge in [0.2, 0.25) is 6.79 Å². The fraction of sp³-hybridized carbons (Fsp3) is 0.147. The van der Waals surface area contributed by atoms with Crippen molar-refractivity contribution in [3.8, 4) is 17.2 Å². The molecule has 0 amide bonds. The number of carbonyl (C=O) groups is 1. The van der Waals surface area contributed by atoms with Crippen LogP contribution in [0.3, 0.4) is 0 Å². The summed E-state index contributed by atoms with van der Waals surface area (Å²) in [7, 11) is 1.59. The summed E-state index contributed by atoms with van der Waals surface area (Å²) in [5.74, 6) is 1.28. The number of hydrogen-bond donors (Lipinski definition) is 0. The molecule has 0 saturated heterocycles. The summed E-state index contributed by atoms with van der Waals surface area (Å²) in [6.07, 6.45) is 1.80. The van der Waals surface area contributed by atoms with Crippen molar-refractivity contribution in [2.45, 2.75) is 13.0 Å². The maximum Gasteiger partial charge on any atom is 0.338 e. The molecule has 0 N–H and O–H groups in total. The van der Waals surface area contributed by atoms with E-state index >= 15 is 0 Å². The Labute approximate surface area is 250 Å². The van der Waals surface area contributed by atoms with Crippen molar-refractivity contribution in [1.29, 1.82) is 0 Å². The maximum absolute atomic E-state index is 14.4. The van der Waals surface area contributed by atoms with Crippen molar-refractivity contribution < 1.29 is 23.7 Å². The van der Waals surface area contributed by atoms with E-state index in [4.69, 9.17) is 23.9 Å². The van der Waals surface area contributed by atoms with Gasteiger partial charge in [-0.2, -0.15) is 0 Å². The van der Waals surface area contributed by atoms with Crippen LogP contribution in [0.2, 0.25) is 0 Å². The second-order valence-corrected chi connectivity index (χ2v) is 11.0. The molecule has 7 rings (SSSR count). The molecule has 5 aromatic rings. The fourth-order valence-electron chi connectivity index (χ4n) is 5.60. The molecule has 0 aliphatic carbocycles. The zero-order valence-electron chi connectivity index (χ0n) is 23.4. The van der Waals surface area contributed by atoms with Gasteiger partial charge in [0, 0.05) is 11.1 Å². The van der Waals surface area contributed by atoms with Gasteiger partial charge in [-0.1, -0.05) is 78.1 Å². The number of benzene rings is 4. The van der Waals surface area contributed by atoms with E-state index in [1.165, 1.54) is 11.3 Å². The lowest BCUT2D eigenvalue weighted by molar-refractivity contribution is -0.138. The number of rotatable bonds is 6. The second-order valence-electron chi connectivity index (χ2n) is 9.95. The highest BCUT2D eigenvalue weighted by Crippen LogP contribution is 2.42. The molecule has 0 saturated carbocycles. The highest BCUT2D eigenvalue weighted by atomic mass is 32.1. The highest BCUT2D eigenvalue weighted by Gasteiger charge is 2.37. The number of esters is 1. The van der Waals surface area contributed by atoms with Crippen molar-refractivity contribution in [1.82, 2.24) is 4.57 Å². The van der Waals surface area contributed by atoms with Crippen LogP contribution in [0.4, 0.5) is 0 Å². The van der Waals surface area contributed by atoms with Crippen molar-refractivity contribution >= 4 is 39.9 Å². The van der Waals surface area contributed by atoms with Gasteiger partial charge in [-0.05, 0) is 47.5 Å². The predicted molar refractivity (Wildman–Crippen MR) is 164 cm³/mol. The lowest BCUT2D eigenvalue weighted by Gasteiger charge is -2.28. The van der Waals surface area contributed by atoms with Gasteiger partial charge in [0.1, 0.15) is 11.8 Å². The zero-order chi connectivity index (χ0) is 29.5. The van der Waals surface area contributed by atoms with Crippen LogP contribution in [0.25, 0.3) is 22.5 Å². The summed E-state index contributed by atoms with van der Waals surface area (Å²) in [6, 6.07) is 25.8. The standard InChI is InChI=1S/C34H26N2O6S/c1-3-40-33(38)29-30(22-10-5-4-6-11-22)35-34-36(31(29)28-23-12-8-7-9-21(23)14-16-25(28)39-2)32(37)27(43-34)18-20-13-15-24-26(17-20)42-19-41-24/h4-18,31H,3,19H2,1-2H3/t31-/m0/s1. The van der Waals surface area contributed by atoms with Crippen molar-refractivity contribution in [3.05, 3.63) is 127 Å². The Morgan fingerprint density at radius 3 is 2.63 bits per heavy atom. The average molecular weight is 591 g/mol. The molecule has 2 aliphatic heterocycles. The van der Waals surface area contributed by atoms with E-state index in [1.807, 2.05) is 84.9 Å². The number of aromatic nitrogens is 1. The molecule has 0 radical (unpaired) electrons. The Morgan fingerprint density at radius 2 is 1.81 bits per heavy atom. The van der Waals surface area contributed by atoms with Gasteiger partial charge in [0.05, 0.1) is 29.5 Å². The van der Waals surface area contributed by atoms with E-state index in [1.54, 1.807) is 24.7 Å². The molecule has 1 atom stereocenters. The maximum atomic E-state index is 14.4. The number of carbonyl (C=O) groups excluding carboxylic acids is 1. The van der Waals surface area contributed by atoms with Crippen LogP contribution in [0.15, 0.2) is 100 Å². The summed E-state index contributed by atoms with van der Waals surface area (Å²) in [5, 5.41) is 1.80. The molecule has 0 spiro atoms. The molecular weight excluding hydrogens is 564 g/mol. The Balaban J connectivity index is 1.57. The summed E-state index contributed by atoms with van der Waals surface area (Å²) in [4.78, 5) is 33.7. The van der Waals surface area contributed by atoms with Gasteiger partial charge in [0.25, 0.3) is 5.56 Å². The third kappa shape index (κ3) is 4.58. The van der Waals surface area contributed by atoms with Crippen LogP contribution in [-0.4, -0.2) is 31.0 Å². The van der Waals surface area contributed by atoms with Crippen LogP contribution in [-0.2, 0) is 9.53 Å². The van der Waals surface area contributed by atoms with Crippen LogP contribution in [0.5, 0.6) is 17.2 Å². The SMILES string of the molecule is CCOC(=O)C1=C(c2ccccc2)N=c2sc(=Cc3ccc4c(c3)OCO4)c(=O)n2[C@H]1c1c(OC)ccc2ccccc12. The molecule has 214 valence electrons. The molecule has 43 heavy (non-hydrogen) atoms. The van der Waals surface area contributed by atoms with E-state index in [2.05, 4.69) is 0 Å². The smallest absolute Gasteiger partial charge is 0.338 e. The van der Waals surface area contributed by atoms with E-state index in [9.17, 15) is 9.59 Å². The first-order valence-electron chi connectivity index (χ1n) is 13.8. The third-order valence-corrected chi connectivity index (χ3v) is 8.48. The summed E-state index contributed by atoms with van der Waals surface area (Å²) in [5.41, 5.74) is 2.64. The monoisotopic (exact) mass is 590 g/mol. The van der Waals surface area contributed by atoms with Gasteiger partial charge in [-0.15, -0.1) is 0 Å². The Hall–Kier alpha value is -5.15. The van der Waals surface area contributed by atoms with E-state index in [0.717, 1.165) is 21.9 Å². The normalized spacial score (nSPS) is 15.8. The Bertz CT molecular complexity index is 2110. The fourth-order valence-corrected chi connectivity index (χ4v) is 6.60. The predicted octanol–water partition coefficient (Wildman–Crippen LogP) is 4.83. The van der Waals surface area contributed by atoms with Crippen molar-refractivity contribution in [3.63, 3.8) is 0 Å². The van der Waals surface area contributed by atoms with Gasteiger partial charge in [-0.3, -0.25) is 9.36 Å². The van der Waals surface area contributed by atoms with Crippen molar-refractivity contribution in [2.75, 3.05) is 20.5 Å². The Kier molecular flexibility index (Phi) is 6.79. The van der Waals surface area contributed by atoms with Crippen molar-refractivity contribution in [2.24, 2.45) is 4.99 Å². The quantitative estimate of drug-likeness (QED) is 0.264. The van der Waals surface area contributed by atoms with Gasteiger partial charge in [-0.25, -0.2) is 9.79 Å². The average Bonchev–Trinajstić information content (AvgIpc) is 3.63. The van der Waals surface area contributed by atoms with Gasteiger partial charge >= 0.3 is 5.97 Å². The van der Waals surface area contributed by atoms with E-state index < -0.39 is 12.0 Å². The first kappa shape index (κ1) is 26.7. The van der Waals surface area contributed by atoms with Crippen LogP contribution in [0.1, 0.15) is 29.7 Å². The summed E-state index contributed by atoms with van der Waals surface area (Å²) >= 11 is 1.26. The molecule has 1 aromatic heterocycles. The van der Waals surface area contributed by atoms with Crippen LogP contribution >= 0.6 is 11.3 Å². The molecule has 4 aromatic carbocycles. The first-order valence-corrected chi connectivity index (χ1v) is 14.6. The molecule has 0 unspecified atom stereocenters. The molecule has 2 aliphatic rings. The molecular formula is C34H26N2O6S. The number of ether oxygens (including phenoxy) is 4. The number of methoxy groups -OCH3 is 1. The minimum Gasteiger partial charge on any atom is -0.496 e. The number of nitrogens with zero attached hydrogens (tertiary/aromatic N) is 2.